The molecule has 0 spiro atoms. The summed E-state index contributed by atoms with van der Waals surface area (Å²) >= 11 is 0. The number of anilines is 1. The zero-order valence-electron chi connectivity index (χ0n) is 25.1. The smallest absolute Gasteiger partial charge is 0.264 e. The van der Waals surface area contributed by atoms with E-state index in [1.54, 1.807) is 36.4 Å². The molecular weight excluding hydrogens is 578 g/mol. The van der Waals surface area contributed by atoms with Gasteiger partial charge in [0.2, 0.25) is 11.8 Å². The predicted molar refractivity (Wildman–Crippen MR) is 170 cm³/mol. The number of carbonyl (C=O) groups is 2. The highest BCUT2D eigenvalue weighted by Crippen LogP contribution is 2.33. The van der Waals surface area contributed by atoms with E-state index in [2.05, 4.69) is 5.32 Å². The fraction of sp³-hybridized carbons (Fsp3) is 0.235. The first-order valence-corrected chi connectivity index (χ1v) is 15.7. The lowest BCUT2D eigenvalue weighted by Crippen LogP contribution is -2.53. The van der Waals surface area contributed by atoms with Crippen molar-refractivity contribution in [2.45, 2.75) is 30.8 Å². The number of methoxy groups -OCH3 is 2. The van der Waals surface area contributed by atoms with E-state index in [4.69, 9.17) is 9.47 Å². The first kappa shape index (κ1) is 32.1. The Morgan fingerprint density at radius 2 is 1.36 bits per heavy atom. The number of hydrogen-bond donors (Lipinski definition) is 1. The second kappa shape index (κ2) is 15.1. The summed E-state index contributed by atoms with van der Waals surface area (Å²) < 4.78 is 40.1. The van der Waals surface area contributed by atoms with Crippen LogP contribution in [0, 0.1) is 0 Å². The Balaban J connectivity index is 1.81. The SMILES string of the molecule is CCNC(=O)C(Cc1ccccc1)N(Cc1ccccc1)C(=O)CN(c1ccccc1OC)S(=O)(=O)c1ccc(OC)cc1. The molecule has 9 nitrogen and oxygen atoms in total. The minimum atomic E-state index is -4.28. The number of amides is 2. The second-order valence-electron chi connectivity index (χ2n) is 9.97. The molecule has 1 N–H and O–H groups in total. The molecule has 4 aromatic carbocycles. The number of rotatable bonds is 14. The third-order valence-corrected chi connectivity index (χ3v) is 8.87. The number of sulfonamides is 1. The summed E-state index contributed by atoms with van der Waals surface area (Å²) in [6.45, 7) is 1.70. The molecule has 0 heterocycles. The van der Waals surface area contributed by atoms with E-state index in [0.717, 1.165) is 15.4 Å². The number of likely N-dealkylation sites (N-methyl/N-ethyl adjacent to an activating group) is 1. The van der Waals surface area contributed by atoms with Crippen LogP contribution in [0.2, 0.25) is 0 Å². The van der Waals surface area contributed by atoms with Crippen LogP contribution in [0.25, 0.3) is 0 Å². The van der Waals surface area contributed by atoms with Gasteiger partial charge in [0.1, 0.15) is 24.1 Å². The molecule has 0 saturated carbocycles. The third-order valence-electron chi connectivity index (χ3n) is 7.10. The molecule has 4 aromatic rings. The molecule has 10 heteroatoms. The Kier molecular flexibility index (Phi) is 11.0. The van der Waals surface area contributed by atoms with Crippen molar-refractivity contribution in [3.05, 3.63) is 120 Å². The van der Waals surface area contributed by atoms with E-state index < -0.39 is 28.5 Å². The molecule has 44 heavy (non-hydrogen) atoms. The van der Waals surface area contributed by atoms with Gasteiger partial charge in [-0.05, 0) is 54.4 Å². The number of nitrogens with one attached hydrogen (secondary N) is 1. The summed E-state index contributed by atoms with van der Waals surface area (Å²) in [6.07, 6.45) is 0.241. The van der Waals surface area contributed by atoms with Crippen LogP contribution in [0.1, 0.15) is 18.1 Å². The van der Waals surface area contributed by atoms with Gasteiger partial charge in [0.25, 0.3) is 10.0 Å². The number of nitrogens with zero attached hydrogens (tertiary/aromatic N) is 2. The average molecular weight is 616 g/mol. The topological polar surface area (TPSA) is 105 Å². The number of hydrogen-bond acceptors (Lipinski definition) is 6. The van der Waals surface area contributed by atoms with Crippen LogP contribution in [0.4, 0.5) is 5.69 Å². The number of para-hydroxylation sites is 2. The molecule has 0 bridgehead atoms. The maximum atomic E-state index is 14.4. The Morgan fingerprint density at radius 3 is 1.95 bits per heavy atom. The Hall–Kier alpha value is -4.83. The van der Waals surface area contributed by atoms with Crippen molar-refractivity contribution in [2.24, 2.45) is 0 Å². The molecule has 0 aromatic heterocycles. The number of benzene rings is 4. The van der Waals surface area contributed by atoms with E-state index in [9.17, 15) is 18.0 Å². The fourth-order valence-electron chi connectivity index (χ4n) is 4.85. The van der Waals surface area contributed by atoms with Crippen molar-refractivity contribution >= 4 is 27.5 Å². The van der Waals surface area contributed by atoms with Crippen LogP contribution in [-0.4, -0.2) is 58.5 Å². The number of carbonyl (C=O) groups excluding carboxylic acids is 2. The molecule has 230 valence electrons. The summed E-state index contributed by atoms with van der Waals surface area (Å²) in [5.41, 5.74) is 1.85. The fourth-order valence-corrected chi connectivity index (χ4v) is 6.27. The summed E-state index contributed by atoms with van der Waals surface area (Å²) in [5.74, 6) is -0.119. The van der Waals surface area contributed by atoms with Gasteiger partial charge in [0.15, 0.2) is 0 Å². The van der Waals surface area contributed by atoms with Crippen LogP contribution in [0.3, 0.4) is 0 Å². The minimum Gasteiger partial charge on any atom is -0.497 e. The highest BCUT2D eigenvalue weighted by Gasteiger charge is 2.35. The van der Waals surface area contributed by atoms with Crippen molar-refractivity contribution in [3.8, 4) is 11.5 Å². The molecule has 0 aliphatic carbocycles. The molecule has 1 atom stereocenters. The van der Waals surface area contributed by atoms with E-state index in [1.165, 1.54) is 31.3 Å². The second-order valence-corrected chi connectivity index (χ2v) is 11.8. The van der Waals surface area contributed by atoms with Gasteiger partial charge in [0.05, 0.1) is 24.8 Å². The van der Waals surface area contributed by atoms with Gasteiger partial charge in [-0.1, -0.05) is 72.8 Å². The highest BCUT2D eigenvalue weighted by molar-refractivity contribution is 7.92. The first-order chi connectivity index (χ1) is 21.3. The summed E-state index contributed by atoms with van der Waals surface area (Å²) in [6, 6.07) is 30.4. The predicted octanol–water partition coefficient (Wildman–Crippen LogP) is 4.68. The highest BCUT2D eigenvalue weighted by atomic mass is 32.2. The van der Waals surface area contributed by atoms with Gasteiger partial charge in [-0.25, -0.2) is 8.42 Å². The van der Waals surface area contributed by atoms with E-state index in [1.807, 2.05) is 67.6 Å². The van der Waals surface area contributed by atoms with Crippen LogP contribution < -0.4 is 19.1 Å². The van der Waals surface area contributed by atoms with Gasteiger partial charge in [-0.15, -0.1) is 0 Å². The van der Waals surface area contributed by atoms with Crippen molar-refractivity contribution in [1.29, 1.82) is 0 Å². The maximum Gasteiger partial charge on any atom is 0.264 e. The molecule has 0 radical (unpaired) electrons. The van der Waals surface area contributed by atoms with E-state index in [0.29, 0.717) is 12.3 Å². The van der Waals surface area contributed by atoms with E-state index >= 15 is 0 Å². The average Bonchev–Trinajstić information content (AvgIpc) is 3.06. The molecule has 0 aliphatic rings. The van der Waals surface area contributed by atoms with Crippen LogP contribution in [0.5, 0.6) is 11.5 Å². The van der Waals surface area contributed by atoms with Crippen LogP contribution in [0.15, 0.2) is 114 Å². The standard InChI is InChI=1S/C34H37N3O6S/c1-4-35-34(39)31(23-26-13-7-5-8-14-26)36(24-27-15-9-6-10-16-27)33(38)25-37(30-17-11-12-18-32(30)43-3)44(40,41)29-21-19-28(42-2)20-22-29/h5-22,31H,4,23-25H2,1-3H3,(H,35,39). The van der Waals surface area contributed by atoms with Crippen molar-refractivity contribution in [2.75, 3.05) is 31.6 Å². The lowest BCUT2D eigenvalue weighted by molar-refractivity contribution is -0.140. The molecule has 0 saturated heterocycles. The zero-order chi connectivity index (χ0) is 31.5. The summed E-state index contributed by atoms with van der Waals surface area (Å²) in [7, 11) is -1.35. The molecule has 4 rings (SSSR count). The Morgan fingerprint density at radius 1 is 0.773 bits per heavy atom. The lowest BCUT2D eigenvalue weighted by Gasteiger charge is -2.34. The van der Waals surface area contributed by atoms with Gasteiger partial charge in [0, 0.05) is 19.5 Å². The first-order valence-electron chi connectivity index (χ1n) is 14.2. The maximum absolute atomic E-state index is 14.4. The van der Waals surface area contributed by atoms with Crippen LogP contribution >= 0.6 is 0 Å². The monoisotopic (exact) mass is 615 g/mol. The van der Waals surface area contributed by atoms with Crippen molar-refractivity contribution in [3.63, 3.8) is 0 Å². The van der Waals surface area contributed by atoms with Gasteiger partial charge < -0.3 is 19.7 Å². The molecule has 0 fully saturated rings. The van der Waals surface area contributed by atoms with Crippen LogP contribution in [-0.2, 0) is 32.6 Å². The molecule has 0 aliphatic heterocycles. The van der Waals surface area contributed by atoms with Gasteiger partial charge >= 0.3 is 0 Å². The summed E-state index contributed by atoms with van der Waals surface area (Å²) in [5, 5.41) is 2.86. The third kappa shape index (κ3) is 7.76. The zero-order valence-corrected chi connectivity index (χ0v) is 25.9. The minimum absolute atomic E-state index is 0.0313. The van der Waals surface area contributed by atoms with E-state index in [-0.39, 0.29) is 35.2 Å². The van der Waals surface area contributed by atoms with Crippen molar-refractivity contribution < 1.29 is 27.5 Å². The Bertz CT molecular complexity index is 1630. The lowest BCUT2D eigenvalue weighted by atomic mass is 10.0. The summed E-state index contributed by atoms with van der Waals surface area (Å²) in [4.78, 5) is 29.4. The quantitative estimate of drug-likeness (QED) is 0.221. The number of ether oxygens (including phenoxy) is 2. The molecule has 2 amide bonds. The largest absolute Gasteiger partial charge is 0.497 e. The van der Waals surface area contributed by atoms with Gasteiger partial charge in [-0.2, -0.15) is 0 Å². The molecule has 1 unspecified atom stereocenters. The normalized spacial score (nSPS) is 11.7. The molecular formula is C34H37N3O6S. The van der Waals surface area contributed by atoms with Gasteiger partial charge in [-0.3, -0.25) is 13.9 Å². The van der Waals surface area contributed by atoms with Crippen molar-refractivity contribution in [1.82, 2.24) is 10.2 Å². The Labute approximate surface area is 259 Å².